The van der Waals surface area contributed by atoms with Gasteiger partial charge in [-0.2, -0.15) is 0 Å². The molecule has 1 amide bonds. The molecule has 23 heavy (non-hydrogen) atoms. The summed E-state index contributed by atoms with van der Waals surface area (Å²) in [6.45, 7) is 12.8. The van der Waals surface area contributed by atoms with Crippen LogP contribution in [0.25, 0.3) is 0 Å². The molecule has 1 saturated heterocycles. The van der Waals surface area contributed by atoms with Crippen molar-refractivity contribution in [2.45, 2.75) is 33.6 Å². The summed E-state index contributed by atoms with van der Waals surface area (Å²) in [5.74, 6) is 0.769. The molecule has 1 aromatic heterocycles. The molecule has 0 spiro atoms. The number of hydrogen-bond donors (Lipinski definition) is 0. The number of piperazine rings is 1. The predicted octanol–water partition coefficient (Wildman–Crippen LogP) is 1.88. The van der Waals surface area contributed by atoms with Crippen LogP contribution in [0.4, 0.5) is 5.95 Å². The highest BCUT2D eigenvalue weighted by atomic mass is 16.2. The van der Waals surface area contributed by atoms with E-state index < -0.39 is 0 Å². The van der Waals surface area contributed by atoms with Gasteiger partial charge in [-0.05, 0) is 19.4 Å². The number of aromatic nitrogens is 2. The lowest BCUT2D eigenvalue weighted by Crippen LogP contribution is -2.48. The van der Waals surface area contributed by atoms with E-state index in [-0.39, 0.29) is 5.91 Å². The Morgan fingerprint density at radius 3 is 2.09 bits per heavy atom. The third kappa shape index (κ3) is 4.64. The maximum absolute atomic E-state index is 12.5. The Bertz CT molecular complexity index is 476. The molecule has 2 heterocycles. The molecule has 0 aromatic carbocycles. The van der Waals surface area contributed by atoms with Crippen LogP contribution in [0.1, 0.15) is 44.0 Å². The standard InChI is InChI=1S/C17H29N5O/c1-4-7-22(8-5-2)17-18-13-15(14-19-17)16(23)21-11-9-20(6-3)10-12-21/h13-14H,4-12H2,1-3H3. The molecule has 1 fully saturated rings. The summed E-state index contributed by atoms with van der Waals surface area (Å²) in [5, 5.41) is 0. The highest BCUT2D eigenvalue weighted by Gasteiger charge is 2.22. The Morgan fingerprint density at radius 2 is 1.61 bits per heavy atom. The van der Waals surface area contributed by atoms with Gasteiger partial charge in [0, 0.05) is 51.7 Å². The van der Waals surface area contributed by atoms with Crippen molar-refractivity contribution in [2.24, 2.45) is 0 Å². The number of nitrogens with zero attached hydrogens (tertiary/aromatic N) is 5. The van der Waals surface area contributed by atoms with Crippen molar-refractivity contribution < 1.29 is 4.79 Å². The molecule has 1 aliphatic heterocycles. The van der Waals surface area contributed by atoms with Gasteiger partial charge in [0.2, 0.25) is 5.95 Å². The van der Waals surface area contributed by atoms with E-state index in [0.29, 0.717) is 5.56 Å². The molecule has 6 nitrogen and oxygen atoms in total. The van der Waals surface area contributed by atoms with E-state index in [1.54, 1.807) is 12.4 Å². The van der Waals surface area contributed by atoms with Gasteiger partial charge < -0.3 is 14.7 Å². The summed E-state index contributed by atoms with van der Waals surface area (Å²) < 4.78 is 0. The maximum Gasteiger partial charge on any atom is 0.257 e. The van der Waals surface area contributed by atoms with Crippen LogP contribution in [-0.2, 0) is 0 Å². The van der Waals surface area contributed by atoms with E-state index in [2.05, 4.69) is 40.5 Å². The molecular weight excluding hydrogens is 290 g/mol. The van der Waals surface area contributed by atoms with Crippen LogP contribution in [0.3, 0.4) is 0 Å². The van der Waals surface area contributed by atoms with Gasteiger partial charge >= 0.3 is 0 Å². The van der Waals surface area contributed by atoms with Crippen LogP contribution in [0.5, 0.6) is 0 Å². The lowest BCUT2D eigenvalue weighted by Gasteiger charge is -2.34. The number of carbonyl (C=O) groups is 1. The lowest BCUT2D eigenvalue weighted by molar-refractivity contribution is 0.0642. The fourth-order valence-electron chi connectivity index (χ4n) is 2.90. The molecule has 0 saturated carbocycles. The van der Waals surface area contributed by atoms with E-state index in [1.165, 1.54) is 0 Å². The average molecular weight is 319 g/mol. The van der Waals surface area contributed by atoms with Crippen molar-refractivity contribution in [1.82, 2.24) is 19.8 Å². The number of anilines is 1. The normalized spacial score (nSPS) is 15.7. The largest absolute Gasteiger partial charge is 0.341 e. The quantitative estimate of drug-likeness (QED) is 0.768. The van der Waals surface area contributed by atoms with Gasteiger partial charge in [-0.3, -0.25) is 4.79 Å². The van der Waals surface area contributed by atoms with Crippen molar-refractivity contribution in [2.75, 3.05) is 50.7 Å². The van der Waals surface area contributed by atoms with Crippen molar-refractivity contribution in [1.29, 1.82) is 0 Å². The molecule has 0 radical (unpaired) electrons. The summed E-state index contributed by atoms with van der Waals surface area (Å²) in [7, 11) is 0. The van der Waals surface area contributed by atoms with Crippen LogP contribution in [0.15, 0.2) is 12.4 Å². The first-order valence-electron chi connectivity index (χ1n) is 8.78. The molecule has 0 aliphatic carbocycles. The average Bonchev–Trinajstić information content (AvgIpc) is 2.61. The van der Waals surface area contributed by atoms with Gasteiger partial charge in [-0.1, -0.05) is 20.8 Å². The van der Waals surface area contributed by atoms with Gasteiger partial charge in [0.05, 0.1) is 5.56 Å². The van der Waals surface area contributed by atoms with E-state index in [4.69, 9.17) is 0 Å². The monoisotopic (exact) mass is 319 g/mol. The summed E-state index contributed by atoms with van der Waals surface area (Å²) in [6.07, 6.45) is 5.47. The van der Waals surface area contributed by atoms with Gasteiger partial charge in [-0.15, -0.1) is 0 Å². The Labute approximate surface area is 139 Å². The third-order valence-corrected chi connectivity index (χ3v) is 4.26. The Kier molecular flexibility index (Phi) is 6.77. The van der Waals surface area contributed by atoms with E-state index >= 15 is 0 Å². The molecule has 1 aliphatic rings. The van der Waals surface area contributed by atoms with Crippen LogP contribution in [-0.4, -0.2) is 71.5 Å². The van der Waals surface area contributed by atoms with Crippen LogP contribution < -0.4 is 4.90 Å². The predicted molar refractivity (Wildman–Crippen MR) is 92.8 cm³/mol. The van der Waals surface area contributed by atoms with Gasteiger partial charge in [0.25, 0.3) is 5.91 Å². The SMILES string of the molecule is CCCN(CCC)c1ncc(C(=O)N2CCN(CC)CC2)cn1. The topological polar surface area (TPSA) is 52.6 Å². The van der Waals surface area contributed by atoms with Gasteiger partial charge in [0.1, 0.15) is 0 Å². The number of rotatable bonds is 7. The van der Waals surface area contributed by atoms with Crippen molar-refractivity contribution in [3.63, 3.8) is 0 Å². The van der Waals surface area contributed by atoms with E-state index in [9.17, 15) is 4.79 Å². The summed E-state index contributed by atoms with van der Waals surface area (Å²) in [6, 6.07) is 0. The number of carbonyl (C=O) groups excluding carboxylic acids is 1. The highest BCUT2D eigenvalue weighted by Crippen LogP contribution is 2.11. The zero-order valence-electron chi connectivity index (χ0n) is 14.7. The van der Waals surface area contributed by atoms with Crippen molar-refractivity contribution in [3.8, 4) is 0 Å². The second-order valence-corrected chi connectivity index (χ2v) is 5.99. The van der Waals surface area contributed by atoms with Gasteiger partial charge in [0.15, 0.2) is 0 Å². The number of hydrogen-bond acceptors (Lipinski definition) is 5. The minimum Gasteiger partial charge on any atom is -0.341 e. The molecule has 0 unspecified atom stereocenters. The minimum absolute atomic E-state index is 0.0461. The molecule has 6 heteroatoms. The summed E-state index contributed by atoms with van der Waals surface area (Å²) in [5.41, 5.74) is 0.589. The molecule has 1 aromatic rings. The zero-order valence-corrected chi connectivity index (χ0v) is 14.7. The highest BCUT2D eigenvalue weighted by molar-refractivity contribution is 5.93. The Balaban J connectivity index is 1.99. The number of likely N-dealkylation sites (N-methyl/N-ethyl adjacent to an activating group) is 1. The Hall–Kier alpha value is -1.69. The van der Waals surface area contributed by atoms with Gasteiger partial charge in [-0.25, -0.2) is 9.97 Å². The van der Waals surface area contributed by atoms with E-state index in [1.807, 2.05) is 4.90 Å². The summed E-state index contributed by atoms with van der Waals surface area (Å²) in [4.78, 5) is 27.8. The van der Waals surface area contributed by atoms with E-state index in [0.717, 1.165) is 64.6 Å². The lowest BCUT2D eigenvalue weighted by atomic mass is 10.2. The first-order chi connectivity index (χ1) is 11.2. The maximum atomic E-state index is 12.5. The Morgan fingerprint density at radius 1 is 1.04 bits per heavy atom. The molecule has 2 rings (SSSR count). The van der Waals surface area contributed by atoms with Crippen LogP contribution in [0, 0.1) is 0 Å². The fourth-order valence-corrected chi connectivity index (χ4v) is 2.90. The van der Waals surface area contributed by atoms with Crippen molar-refractivity contribution in [3.05, 3.63) is 18.0 Å². The second-order valence-electron chi connectivity index (χ2n) is 5.99. The molecular formula is C17H29N5O. The van der Waals surface area contributed by atoms with Crippen LogP contribution in [0.2, 0.25) is 0 Å². The first-order valence-corrected chi connectivity index (χ1v) is 8.78. The molecule has 0 bridgehead atoms. The molecule has 0 N–H and O–H groups in total. The fraction of sp³-hybridized carbons (Fsp3) is 0.706. The van der Waals surface area contributed by atoms with Crippen LogP contribution >= 0.6 is 0 Å². The molecule has 0 atom stereocenters. The summed E-state index contributed by atoms with van der Waals surface area (Å²) >= 11 is 0. The minimum atomic E-state index is 0.0461. The smallest absolute Gasteiger partial charge is 0.257 e. The third-order valence-electron chi connectivity index (χ3n) is 4.26. The second kappa shape index (κ2) is 8.82. The zero-order chi connectivity index (χ0) is 16.7. The molecule has 128 valence electrons. The first kappa shape index (κ1) is 17.7. The number of amides is 1. The van der Waals surface area contributed by atoms with Crippen molar-refractivity contribution >= 4 is 11.9 Å².